The van der Waals surface area contributed by atoms with E-state index in [1.54, 1.807) is 7.05 Å². The smallest absolute Gasteiger partial charge is 0.242 e. The molecule has 1 aromatic rings. The Bertz CT molecular complexity index is 694. The van der Waals surface area contributed by atoms with E-state index in [2.05, 4.69) is 32.3 Å². The van der Waals surface area contributed by atoms with Crippen LogP contribution in [0.1, 0.15) is 26.2 Å². The zero-order valence-corrected chi connectivity index (χ0v) is 19.0. The molecule has 0 unspecified atom stereocenters. The summed E-state index contributed by atoms with van der Waals surface area (Å²) in [6.07, 6.45) is 3.43. The summed E-state index contributed by atoms with van der Waals surface area (Å²) in [4.78, 5) is 23.7. The molecule has 0 spiro atoms. The van der Waals surface area contributed by atoms with Crippen molar-refractivity contribution in [1.82, 2.24) is 20.4 Å². The number of likely N-dealkylation sites (tertiary alicyclic amines) is 1. The van der Waals surface area contributed by atoms with Crippen molar-refractivity contribution >= 4 is 29.2 Å². The largest absolute Gasteiger partial charge is 0.368 e. The fraction of sp³-hybridized carbons (Fsp3) is 0.636. The van der Waals surface area contributed by atoms with Gasteiger partial charge in [-0.25, -0.2) is 0 Å². The van der Waals surface area contributed by atoms with E-state index in [-0.39, 0.29) is 12.5 Å². The number of hydrogen-bond donors (Lipinski definition) is 2. The van der Waals surface area contributed by atoms with Crippen LogP contribution in [-0.4, -0.2) is 87.1 Å². The van der Waals surface area contributed by atoms with Crippen LogP contribution in [0.25, 0.3) is 0 Å². The predicted octanol–water partition coefficient (Wildman–Crippen LogP) is 2.03. The molecule has 2 fully saturated rings. The number of anilines is 1. The molecule has 0 radical (unpaired) electrons. The second-order valence-electron chi connectivity index (χ2n) is 8.03. The third-order valence-corrected chi connectivity index (χ3v) is 6.18. The molecule has 2 saturated heterocycles. The molecule has 0 aliphatic carbocycles. The van der Waals surface area contributed by atoms with Crippen LogP contribution in [0.4, 0.5) is 5.69 Å². The van der Waals surface area contributed by atoms with Crippen LogP contribution in [0.15, 0.2) is 29.3 Å². The zero-order valence-electron chi connectivity index (χ0n) is 18.2. The van der Waals surface area contributed by atoms with Crippen LogP contribution in [0, 0.1) is 0 Å². The highest BCUT2D eigenvalue weighted by Gasteiger charge is 2.22. The van der Waals surface area contributed by atoms with Crippen LogP contribution in [0.5, 0.6) is 0 Å². The summed E-state index contributed by atoms with van der Waals surface area (Å²) in [6, 6.07) is 8.30. The number of nitrogens with one attached hydrogen (secondary N) is 2. The Morgan fingerprint density at radius 3 is 2.37 bits per heavy atom. The molecule has 3 rings (SSSR count). The summed E-state index contributed by atoms with van der Waals surface area (Å²) in [7, 11) is 1.76. The van der Waals surface area contributed by atoms with Gasteiger partial charge in [-0.2, -0.15) is 0 Å². The van der Waals surface area contributed by atoms with E-state index >= 15 is 0 Å². The van der Waals surface area contributed by atoms with Gasteiger partial charge in [0.25, 0.3) is 0 Å². The summed E-state index contributed by atoms with van der Waals surface area (Å²) in [5.41, 5.74) is 1.15. The SMILES string of the molecule is CCCN1CCC(NC(=NC)NCC(=O)N2CCN(c3ccc(Cl)cc3)CC2)CC1. The monoisotopic (exact) mass is 434 g/mol. The summed E-state index contributed by atoms with van der Waals surface area (Å²) >= 11 is 5.97. The minimum Gasteiger partial charge on any atom is -0.368 e. The van der Waals surface area contributed by atoms with E-state index in [4.69, 9.17) is 11.6 Å². The minimum absolute atomic E-state index is 0.117. The van der Waals surface area contributed by atoms with E-state index in [0.29, 0.717) is 6.04 Å². The van der Waals surface area contributed by atoms with Crippen LogP contribution in [0.3, 0.4) is 0 Å². The quantitative estimate of drug-likeness (QED) is 0.530. The number of guanidine groups is 1. The van der Waals surface area contributed by atoms with Gasteiger partial charge in [0.05, 0.1) is 6.54 Å². The van der Waals surface area contributed by atoms with Crippen LogP contribution < -0.4 is 15.5 Å². The standard InChI is InChI=1S/C22H35ClN6O/c1-3-10-27-11-8-19(9-12-27)26-22(24-2)25-17-21(30)29-15-13-28(14-16-29)20-6-4-18(23)5-7-20/h4-7,19H,3,8-17H2,1-2H3,(H2,24,25,26). The first kappa shape index (κ1) is 22.7. The zero-order chi connectivity index (χ0) is 21.3. The van der Waals surface area contributed by atoms with E-state index in [0.717, 1.165) is 68.8 Å². The van der Waals surface area contributed by atoms with E-state index in [1.807, 2.05) is 29.2 Å². The lowest BCUT2D eigenvalue weighted by Crippen LogP contribution is -2.53. The normalized spacial score (nSPS) is 19.1. The molecule has 2 N–H and O–H groups in total. The third-order valence-electron chi connectivity index (χ3n) is 5.92. The molecule has 30 heavy (non-hydrogen) atoms. The minimum atomic E-state index is 0.117. The molecule has 7 nitrogen and oxygen atoms in total. The Morgan fingerprint density at radius 2 is 1.77 bits per heavy atom. The molecule has 8 heteroatoms. The van der Waals surface area contributed by atoms with Gasteiger partial charge >= 0.3 is 0 Å². The van der Waals surface area contributed by atoms with Gasteiger partial charge < -0.3 is 25.3 Å². The van der Waals surface area contributed by atoms with Crippen molar-refractivity contribution in [2.75, 3.05) is 64.3 Å². The second-order valence-corrected chi connectivity index (χ2v) is 8.47. The van der Waals surface area contributed by atoms with E-state index in [9.17, 15) is 4.79 Å². The summed E-state index contributed by atoms with van der Waals surface area (Å²) in [5.74, 6) is 0.837. The fourth-order valence-electron chi connectivity index (χ4n) is 4.14. The number of halogens is 1. The molecule has 1 amide bonds. The van der Waals surface area contributed by atoms with Crippen molar-refractivity contribution in [3.63, 3.8) is 0 Å². The van der Waals surface area contributed by atoms with Crippen molar-refractivity contribution < 1.29 is 4.79 Å². The number of aliphatic imine (C=N–C) groups is 1. The molecule has 166 valence electrons. The van der Waals surface area contributed by atoms with Crippen molar-refractivity contribution in [3.05, 3.63) is 29.3 Å². The maximum absolute atomic E-state index is 12.7. The Morgan fingerprint density at radius 1 is 1.10 bits per heavy atom. The topological polar surface area (TPSA) is 63.2 Å². The maximum Gasteiger partial charge on any atom is 0.242 e. The lowest BCUT2D eigenvalue weighted by molar-refractivity contribution is -0.130. The van der Waals surface area contributed by atoms with Gasteiger partial charge in [0.1, 0.15) is 0 Å². The van der Waals surface area contributed by atoms with Gasteiger partial charge in [-0.1, -0.05) is 18.5 Å². The molecular formula is C22H35ClN6O. The summed E-state index contributed by atoms with van der Waals surface area (Å²) < 4.78 is 0. The highest BCUT2D eigenvalue weighted by molar-refractivity contribution is 6.30. The predicted molar refractivity (Wildman–Crippen MR) is 124 cm³/mol. The maximum atomic E-state index is 12.7. The van der Waals surface area contributed by atoms with E-state index in [1.165, 1.54) is 13.0 Å². The fourth-order valence-corrected chi connectivity index (χ4v) is 4.27. The molecule has 2 heterocycles. The first-order valence-corrected chi connectivity index (χ1v) is 11.4. The number of piperazine rings is 1. The van der Waals surface area contributed by atoms with Gasteiger partial charge in [0.2, 0.25) is 5.91 Å². The van der Waals surface area contributed by atoms with Gasteiger partial charge in [0.15, 0.2) is 5.96 Å². The van der Waals surface area contributed by atoms with Gasteiger partial charge in [-0.05, 0) is 50.1 Å². The average molecular weight is 435 g/mol. The Labute approximate surface area is 185 Å². The van der Waals surface area contributed by atoms with Gasteiger partial charge in [-0.15, -0.1) is 0 Å². The van der Waals surface area contributed by atoms with Crippen LogP contribution >= 0.6 is 11.6 Å². The van der Waals surface area contributed by atoms with Crippen LogP contribution in [-0.2, 0) is 4.79 Å². The molecule has 0 saturated carbocycles. The third kappa shape index (κ3) is 6.51. The molecule has 0 atom stereocenters. The number of piperidine rings is 1. The van der Waals surface area contributed by atoms with Crippen molar-refractivity contribution in [2.24, 2.45) is 4.99 Å². The average Bonchev–Trinajstić information content (AvgIpc) is 2.78. The molecule has 0 aromatic heterocycles. The highest BCUT2D eigenvalue weighted by Crippen LogP contribution is 2.19. The number of hydrogen-bond acceptors (Lipinski definition) is 4. The molecular weight excluding hydrogens is 400 g/mol. The van der Waals surface area contributed by atoms with Crippen molar-refractivity contribution in [2.45, 2.75) is 32.2 Å². The Balaban J connectivity index is 1.38. The first-order valence-electron chi connectivity index (χ1n) is 11.1. The number of benzene rings is 1. The lowest BCUT2D eigenvalue weighted by Gasteiger charge is -2.36. The Hall–Kier alpha value is -1.99. The van der Waals surface area contributed by atoms with E-state index < -0.39 is 0 Å². The van der Waals surface area contributed by atoms with Crippen LogP contribution in [0.2, 0.25) is 5.02 Å². The lowest BCUT2D eigenvalue weighted by atomic mass is 10.1. The summed E-state index contributed by atoms with van der Waals surface area (Å²) in [6.45, 7) is 9.04. The number of amides is 1. The molecule has 0 bridgehead atoms. The van der Waals surface area contributed by atoms with Gasteiger partial charge in [0, 0.05) is 63.1 Å². The number of nitrogens with zero attached hydrogens (tertiary/aromatic N) is 4. The van der Waals surface area contributed by atoms with Crippen molar-refractivity contribution in [3.8, 4) is 0 Å². The number of carbonyl (C=O) groups excluding carboxylic acids is 1. The number of rotatable bonds is 6. The highest BCUT2D eigenvalue weighted by atomic mass is 35.5. The molecule has 2 aliphatic heterocycles. The number of carbonyl (C=O) groups is 1. The molecule has 1 aromatic carbocycles. The summed E-state index contributed by atoms with van der Waals surface area (Å²) in [5, 5.41) is 7.43. The van der Waals surface area contributed by atoms with Gasteiger partial charge in [-0.3, -0.25) is 9.79 Å². The Kier molecular flexibility index (Phi) is 8.63. The van der Waals surface area contributed by atoms with Crippen molar-refractivity contribution in [1.29, 1.82) is 0 Å². The second kappa shape index (κ2) is 11.4. The first-order chi connectivity index (χ1) is 14.6. The molecule has 2 aliphatic rings.